The van der Waals surface area contributed by atoms with E-state index < -0.39 is 6.04 Å². The molecule has 3 amide bonds. The van der Waals surface area contributed by atoms with Crippen LogP contribution in [0.1, 0.15) is 23.2 Å². The fraction of sp³-hybridized carbons (Fsp3) is 0.471. The number of para-hydroxylation sites is 1. The lowest BCUT2D eigenvalue weighted by atomic mass is 10.1. The molecule has 2 N–H and O–H groups in total. The number of carbonyl (C=O) groups excluding carboxylic acids is 3. The first kappa shape index (κ1) is 15.1. The Balaban J connectivity index is 1.57. The normalized spacial score (nSPS) is 26.5. The van der Waals surface area contributed by atoms with Crippen LogP contribution in [0.5, 0.6) is 0 Å². The summed E-state index contributed by atoms with van der Waals surface area (Å²) in [6.07, 6.45) is 1.83. The number of rotatable bonds is 1. The monoisotopic (exact) mass is 328 g/mol. The minimum Gasteiger partial charge on any atom is -0.337 e. The summed E-state index contributed by atoms with van der Waals surface area (Å²) in [4.78, 5) is 41.3. The van der Waals surface area contributed by atoms with E-state index in [1.54, 1.807) is 34.1 Å². The number of nitrogens with zero attached hydrogens (tertiary/aromatic N) is 2. The third kappa shape index (κ3) is 2.45. The van der Waals surface area contributed by atoms with Crippen molar-refractivity contribution in [1.82, 2.24) is 15.1 Å². The second-order valence-corrected chi connectivity index (χ2v) is 6.48. The van der Waals surface area contributed by atoms with Gasteiger partial charge in [-0.25, -0.2) is 0 Å². The molecule has 7 heteroatoms. The molecule has 0 radical (unpaired) electrons. The predicted octanol–water partition coefficient (Wildman–Crippen LogP) is 0.0437. The highest BCUT2D eigenvalue weighted by molar-refractivity contribution is 6.10. The molecular weight excluding hydrogens is 308 g/mol. The summed E-state index contributed by atoms with van der Waals surface area (Å²) >= 11 is 0. The zero-order valence-electron chi connectivity index (χ0n) is 13.3. The highest BCUT2D eigenvalue weighted by atomic mass is 16.2. The Labute approximate surface area is 140 Å². The van der Waals surface area contributed by atoms with Crippen LogP contribution < -0.4 is 10.6 Å². The van der Waals surface area contributed by atoms with Gasteiger partial charge in [0.1, 0.15) is 6.04 Å². The topological polar surface area (TPSA) is 81.8 Å². The van der Waals surface area contributed by atoms with E-state index >= 15 is 0 Å². The number of fused-ring (bicyclic) bond motifs is 2. The summed E-state index contributed by atoms with van der Waals surface area (Å²) in [5.41, 5.74) is 1.04. The molecule has 1 aromatic carbocycles. The molecule has 126 valence electrons. The van der Waals surface area contributed by atoms with Gasteiger partial charge in [0.2, 0.25) is 11.8 Å². The summed E-state index contributed by atoms with van der Waals surface area (Å²) in [5.74, 6) is -0.348. The largest absolute Gasteiger partial charge is 0.337 e. The predicted molar refractivity (Wildman–Crippen MR) is 87.5 cm³/mol. The van der Waals surface area contributed by atoms with Crippen molar-refractivity contribution in [3.63, 3.8) is 0 Å². The SMILES string of the molecule is O=C1Nc2ccccc2C(=O)N2CCN(C(=O)C3CCCN3)CC12. The van der Waals surface area contributed by atoms with Crippen molar-refractivity contribution in [2.24, 2.45) is 0 Å². The quantitative estimate of drug-likeness (QED) is 0.763. The number of piperazine rings is 1. The van der Waals surface area contributed by atoms with Gasteiger partial charge in [-0.1, -0.05) is 12.1 Å². The Bertz CT molecular complexity index is 699. The number of carbonyl (C=O) groups is 3. The minimum absolute atomic E-state index is 0.0363. The van der Waals surface area contributed by atoms with Crippen LogP contribution in [0.2, 0.25) is 0 Å². The Morgan fingerprint density at radius 1 is 1.17 bits per heavy atom. The van der Waals surface area contributed by atoms with Crippen molar-refractivity contribution in [3.8, 4) is 0 Å². The second kappa shape index (κ2) is 5.90. The van der Waals surface area contributed by atoms with Gasteiger partial charge in [-0.15, -0.1) is 0 Å². The van der Waals surface area contributed by atoms with Crippen LogP contribution in [0.4, 0.5) is 5.69 Å². The lowest BCUT2D eigenvalue weighted by Gasteiger charge is -2.40. The van der Waals surface area contributed by atoms with Crippen LogP contribution in [-0.4, -0.2) is 65.8 Å². The molecule has 2 unspecified atom stereocenters. The Kier molecular flexibility index (Phi) is 3.72. The molecule has 4 rings (SSSR count). The first-order valence-corrected chi connectivity index (χ1v) is 8.38. The number of nitrogens with one attached hydrogen (secondary N) is 2. The van der Waals surface area contributed by atoms with Crippen LogP contribution in [0, 0.1) is 0 Å². The smallest absolute Gasteiger partial charge is 0.256 e. The van der Waals surface area contributed by atoms with Gasteiger partial charge in [0, 0.05) is 13.1 Å². The second-order valence-electron chi connectivity index (χ2n) is 6.48. The third-order valence-electron chi connectivity index (χ3n) is 5.03. The Hall–Kier alpha value is -2.41. The molecule has 3 aliphatic heterocycles. The molecule has 24 heavy (non-hydrogen) atoms. The van der Waals surface area contributed by atoms with Gasteiger partial charge in [-0.2, -0.15) is 0 Å². The molecule has 0 saturated carbocycles. The van der Waals surface area contributed by atoms with E-state index in [4.69, 9.17) is 0 Å². The van der Waals surface area contributed by atoms with E-state index in [0.29, 0.717) is 24.3 Å². The molecule has 7 nitrogen and oxygen atoms in total. The van der Waals surface area contributed by atoms with E-state index in [0.717, 1.165) is 19.4 Å². The summed E-state index contributed by atoms with van der Waals surface area (Å²) in [6, 6.07) is 6.24. The van der Waals surface area contributed by atoms with E-state index in [2.05, 4.69) is 10.6 Å². The molecule has 2 saturated heterocycles. The lowest BCUT2D eigenvalue weighted by molar-refractivity contribution is -0.137. The Morgan fingerprint density at radius 2 is 2.00 bits per heavy atom. The summed E-state index contributed by atoms with van der Waals surface area (Å²) < 4.78 is 0. The first-order valence-electron chi connectivity index (χ1n) is 8.38. The van der Waals surface area contributed by atoms with E-state index in [1.165, 1.54) is 0 Å². The van der Waals surface area contributed by atoms with Gasteiger partial charge in [0.25, 0.3) is 5.91 Å². The van der Waals surface area contributed by atoms with E-state index in [-0.39, 0.29) is 30.3 Å². The van der Waals surface area contributed by atoms with Crippen LogP contribution in [0.25, 0.3) is 0 Å². The number of anilines is 1. The van der Waals surface area contributed by atoms with E-state index in [9.17, 15) is 14.4 Å². The Morgan fingerprint density at radius 3 is 2.79 bits per heavy atom. The molecular formula is C17H20N4O3. The molecule has 3 aliphatic rings. The molecule has 0 aliphatic carbocycles. The fourth-order valence-electron chi connectivity index (χ4n) is 3.72. The van der Waals surface area contributed by atoms with Crippen molar-refractivity contribution < 1.29 is 14.4 Å². The highest BCUT2D eigenvalue weighted by Crippen LogP contribution is 2.25. The third-order valence-corrected chi connectivity index (χ3v) is 5.03. The van der Waals surface area contributed by atoms with Crippen LogP contribution >= 0.6 is 0 Å². The average Bonchev–Trinajstić information content (AvgIpc) is 3.12. The van der Waals surface area contributed by atoms with Gasteiger partial charge in [0.15, 0.2) is 0 Å². The van der Waals surface area contributed by atoms with Gasteiger partial charge in [-0.3, -0.25) is 14.4 Å². The van der Waals surface area contributed by atoms with Gasteiger partial charge < -0.3 is 20.4 Å². The van der Waals surface area contributed by atoms with E-state index in [1.807, 2.05) is 0 Å². The summed E-state index contributed by atoms with van der Waals surface area (Å²) in [6.45, 7) is 1.95. The highest BCUT2D eigenvalue weighted by Gasteiger charge is 2.41. The minimum atomic E-state index is -0.635. The number of benzene rings is 1. The lowest BCUT2D eigenvalue weighted by Crippen LogP contribution is -2.61. The van der Waals surface area contributed by atoms with Gasteiger partial charge >= 0.3 is 0 Å². The number of hydrogen-bond acceptors (Lipinski definition) is 4. The van der Waals surface area contributed by atoms with Crippen LogP contribution in [0.3, 0.4) is 0 Å². The van der Waals surface area contributed by atoms with Gasteiger partial charge in [0.05, 0.1) is 23.8 Å². The first-order chi connectivity index (χ1) is 11.6. The maximum absolute atomic E-state index is 12.8. The van der Waals surface area contributed by atoms with Crippen LogP contribution in [-0.2, 0) is 9.59 Å². The average molecular weight is 328 g/mol. The standard InChI is InChI=1S/C17H20N4O3/c22-15-14-10-20(17(24)13-6-3-7-18-13)8-9-21(14)16(23)11-4-1-2-5-12(11)19-15/h1-2,4-5,13-14,18H,3,6-10H2,(H,19,22). The molecule has 0 bridgehead atoms. The molecule has 2 fully saturated rings. The maximum Gasteiger partial charge on any atom is 0.256 e. The molecule has 0 spiro atoms. The number of hydrogen-bond donors (Lipinski definition) is 2. The number of amides is 3. The van der Waals surface area contributed by atoms with Crippen molar-refractivity contribution in [3.05, 3.63) is 29.8 Å². The van der Waals surface area contributed by atoms with Gasteiger partial charge in [-0.05, 0) is 31.5 Å². The fourth-order valence-corrected chi connectivity index (χ4v) is 3.72. The van der Waals surface area contributed by atoms with Crippen molar-refractivity contribution in [2.75, 3.05) is 31.5 Å². The summed E-state index contributed by atoms with van der Waals surface area (Å²) in [7, 11) is 0. The van der Waals surface area contributed by atoms with Crippen molar-refractivity contribution in [2.45, 2.75) is 24.9 Å². The van der Waals surface area contributed by atoms with Crippen LogP contribution in [0.15, 0.2) is 24.3 Å². The zero-order chi connectivity index (χ0) is 16.7. The summed E-state index contributed by atoms with van der Waals surface area (Å²) in [5, 5.41) is 6.03. The molecule has 3 heterocycles. The molecule has 0 aromatic heterocycles. The van der Waals surface area contributed by atoms with Crippen molar-refractivity contribution >= 4 is 23.4 Å². The van der Waals surface area contributed by atoms with Crippen molar-refractivity contribution in [1.29, 1.82) is 0 Å². The zero-order valence-corrected chi connectivity index (χ0v) is 13.3. The molecule has 1 aromatic rings. The maximum atomic E-state index is 12.8. The molecule has 2 atom stereocenters.